The molecule has 2 unspecified atom stereocenters. The number of carbonyl (C=O) groups is 1. The molecule has 1 amide bonds. The van der Waals surface area contributed by atoms with Crippen LogP contribution in [0.25, 0.3) is 0 Å². The van der Waals surface area contributed by atoms with Crippen LogP contribution in [-0.4, -0.2) is 32.7 Å². The van der Waals surface area contributed by atoms with Gasteiger partial charge in [0.05, 0.1) is 11.7 Å². The largest absolute Gasteiger partial charge is 0.330 e. The van der Waals surface area contributed by atoms with Gasteiger partial charge >= 0.3 is 0 Å². The first-order chi connectivity index (χ1) is 9.56. The quantitative estimate of drug-likeness (QED) is 0.917. The summed E-state index contributed by atoms with van der Waals surface area (Å²) in [4.78, 5) is 14.4. The van der Waals surface area contributed by atoms with Gasteiger partial charge in [-0.15, -0.1) is 0 Å². The van der Waals surface area contributed by atoms with Gasteiger partial charge in [-0.3, -0.25) is 9.48 Å². The molecule has 0 aromatic carbocycles. The lowest BCUT2D eigenvalue weighted by molar-refractivity contribution is -0.135. The minimum Gasteiger partial charge on any atom is -0.330 e. The van der Waals surface area contributed by atoms with Crippen molar-refractivity contribution in [3.63, 3.8) is 0 Å². The van der Waals surface area contributed by atoms with Crippen LogP contribution in [0.15, 0.2) is 12.3 Å². The van der Waals surface area contributed by atoms with Crippen molar-refractivity contribution in [3.8, 4) is 0 Å². The van der Waals surface area contributed by atoms with Gasteiger partial charge < -0.3 is 10.6 Å². The molecule has 0 saturated carbocycles. The molecular formula is C15H26N4O. The van der Waals surface area contributed by atoms with Gasteiger partial charge in [0, 0.05) is 31.2 Å². The zero-order valence-corrected chi connectivity index (χ0v) is 12.7. The zero-order valence-electron chi connectivity index (χ0n) is 12.7. The van der Waals surface area contributed by atoms with Gasteiger partial charge in [-0.2, -0.15) is 5.10 Å². The number of nitrogens with zero attached hydrogens (tertiary/aromatic N) is 3. The van der Waals surface area contributed by atoms with Crippen molar-refractivity contribution < 1.29 is 4.79 Å². The summed E-state index contributed by atoms with van der Waals surface area (Å²) in [6.45, 7) is 7.11. The van der Waals surface area contributed by atoms with Crippen molar-refractivity contribution in [2.45, 2.75) is 71.1 Å². The minimum atomic E-state index is -0.0564. The second-order valence-corrected chi connectivity index (χ2v) is 5.87. The Morgan fingerprint density at radius 2 is 2.25 bits per heavy atom. The topological polar surface area (TPSA) is 64.2 Å². The third-order valence-corrected chi connectivity index (χ3v) is 3.97. The van der Waals surface area contributed by atoms with Crippen molar-refractivity contribution in [1.29, 1.82) is 0 Å². The van der Waals surface area contributed by atoms with E-state index >= 15 is 0 Å². The van der Waals surface area contributed by atoms with Crippen LogP contribution >= 0.6 is 0 Å². The predicted molar refractivity (Wildman–Crippen MR) is 79.1 cm³/mol. The summed E-state index contributed by atoms with van der Waals surface area (Å²) in [5, 5.41) is 4.39. The molecule has 112 valence electrons. The molecule has 5 nitrogen and oxygen atoms in total. The summed E-state index contributed by atoms with van der Waals surface area (Å²) in [5.74, 6) is 0.210. The SMILES string of the molecule is CCCn1nccc1C1C(N)CCCC(=O)N1C(C)C. The molecule has 0 aliphatic carbocycles. The molecule has 5 heteroatoms. The molecule has 1 aliphatic heterocycles. The molecule has 1 aromatic heterocycles. The lowest BCUT2D eigenvalue weighted by atomic mass is 10.00. The summed E-state index contributed by atoms with van der Waals surface area (Å²) < 4.78 is 2.00. The van der Waals surface area contributed by atoms with E-state index in [0.29, 0.717) is 6.42 Å². The zero-order chi connectivity index (χ0) is 14.7. The molecule has 20 heavy (non-hydrogen) atoms. The first kappa shape index (κ1) is 15.0. The van der Waals surface area contributed by atoms with E-state index in [1.165, 1.54) is 0 Å². The maximum atomic E-state index is 12.4. The van der Waals surface area contributed by atoms with Crippen LogP contribution in [0.3, 0.4) is 0 Å². The van der Waals surface area contributed by atoms with E-state index in [4.69, 9.17) is 5.73 Å². The standard InChI is InChI=1S/C15H26N4O/c1-4-10-18-13(8-9-17-18)15-12(16)6-5-7-14(20)19(15)11(2)3/h8-9,11-12,15H,4-7,10,16H2,1-3H3. The van der Waals surface area contributed by atoms with Gasteiger partial charge in [0.1, 0.15) is 0 Å². The Hall–Kier alpha value is -1.36. The van der Waals surface area contributed by atoms with Crippen LogP contribution in [0, 0.1) is 0 Å². The molecule has 2 rings (SSSR count). The van der Waals surface area contributed by atoms with Gasteiger partial charge in [-0.05, 0) is 39.2 Å². The van der Waals surface area contributed by atoms with E-state index in [9.17, 15) is 4.79 Å². The molecule has 2 N–H and O–H groups in total. The molecule has 2 heterocycles. The number of likely N-dealkylation sites (tertiary alicyclic amines) is 1. The fraction of sp³-hybridized carbons (Fsp3) is 0.733. The number of nitrogens with two attached hydrogens (primary N) is 1. The van der Waals surface area contributed by atoms with E-state index in [0.717, 1.165) is 31.5 Å². The van der Waals surface area contributed by atoms with Crippen LogP contribution in [0.5, 0.6) is 0 Å². The maximum Gasteiger partial charge on any atom is 0.223 e. The highest BCUT2D eigenvalue weighted by Crippen LogP contribution is 2.31. The average molecular weight is 278 g/mol. The van der Waals surface area contributed by atoms with Crippen LogP contribution in [-0.2, 0) is 11.3 Å². The predicted octanol–water partition coefficient (Wildman–Crippen LogP) is 2.08. The monoisotopic (exact) mass is 278 g/mol. The van der Waals surface area contributed by atoms with E-state index in [-0.39, 0.29) is 24.0 Å². The Bertz CT molecular complexity index is 454. The van der Waals surface area contributed by atoms with Gasteiger partial charge in [0.2, 0.25) is 5.91 Å². The molecule has 2 atom stereocenters. The Labute approximate surface area is 121 Å². The molecule has 0 bridgehead atoms. The van der Waals surface area contributed by atoms with E-state index in [2.05, 4.69) is 25.9 Å². The van der Waals surface area contributed by atoms with Crippen LogP contribution in [0.1, 0.15) is 58.2 Å². The van der Waals surface area contributed by atoms with E-state index in [1.807, 2.05) is 21.8 Å². The number of amides is 1. The number of aryl methyl sites for hydroxylation is 1. The minimum absolute atomic E-state index is 0.0174. The third kappa shape index (κ3) is 2.87. The summed E-state index contributed by atoms with van der Waals surface area (Å²) in [6.07, 6.45) is 5.20. The highest BCUT2D eigenvalue weighted by Gasteiger charge is 2.36. The van der Waals surface area contributed by atoms with Gasteiger partial charge in [-0.1, -0.05) is 6.92 Å². The fourth-order valence-corrected chi connectivity index (χ4v) is 3.10. The van der Waals surface area contributed by atoms with Crippen molar-refractivity contribution in [2.75, 3.05) is 0 Å². The summed E-state index contributed by atoms with van der Waals surface area (Å²) in [5.41, 5.74) is 7.46. The normalized spacial score (nSPS) is 24.2. The molecule has 1 aliphatic rings. The second kappa shape index (κ2) is 6.39. The first-order valence-corrected chi connectivity index (χ1v) is 7.64. The molecule has 0 radical (unpaired) electrons. The second-order valence-electron chi connectivity index (χ2n) is 5.87. The lowest BCUT2D eigenvalue weighted by Crippen LogP contribution is -2.46. The summed E-state index contributed by atoms with van der Waals surface area (Å²) >= 11 is 0. The van der Waals surface area contributed by atoms with Crippen LogP contribution in [0.4, 0.5) is 0 Å². The van der Waals surface area contributed by atoms with Gasteiger partial charge in [0.25, 0.3) is 0 Å². The highest BCUT2D eigenvalue weighted by atomic mass is 16.2. The molecule has 1 fully saturated rings. The molecule has 1 aromatic rings. The Morgan fingerprint density at radius 1 is 1.50 bits per heavy atom. The van der Waals surface area contributed by atoms with Gasteiger partial charge in [0.15, 0.2) is 0 Å². The van der Waals surface area contributed by atoms with Crippen molar-refractivity contribution in [1.82, 2.24) is 14.7 Å². The fourth-order valence-electron chi connectivity index (χ4n) is 3.10. The average Bonchev–Trinajstić information content (AvgIpc) is 2.77. The summed E-state index contributed by atoms with van der Waals surface area (Å²) in [6, 6.07) is 2.09. The molecule has 0 spiro atoms. The number of hydrogen-bond donors (Lipinski definition) is 1. The van der Waals surface area contributed by atoms with Crippen molar-refractivity contribution in [3.05, 3.63) is 18.0 Å². The van der Waals surface area contributed by atoms with Crippen molar-refractivity contribution in [2.24, 2.45) is 5.73 Å². The maximum absolute atomic E-state index is 12.4. The summed E-state index contributed by atoms with van der Waals surface area (Å²) in [7, 11) is 0. The van der Waals surface area contributed by atoms with Crippen molar-refractivity contribution >= 4 is 5.91 Å². The number of hydrogen-bond acceptors (Lipinski definition) is 3. The van der Waals surface area contributed by atoms with Crippen LogP contribution < -0.4 is 5.73 Å². The highest BCUT2D eigenvalue weighted by molar-refractivity contribution is 5.77. The smallest absolute Gasteiger partial charge is 0.223 e. The third-order valence-electron chi connectivity index (χ3n) is 3.97. The number of carbonyl (C=O) groups excluding carboxylic acids is 1. The Kier molecular flexibility index (Phi) is 4.81. The Balaban J connectivity index is 2.40. The lowest BCUT2D eigenvalue weighted by Gasteiger charge is -2.36. The first-order valence-electron chi connectivity index (χ1n) is 7.64. The van der Waals surface area contributed by atoms with Gasteiger partial charge in [-0.25, -0.2) is 0 Å². The van der Waals surface area contributed by atoms with E-state index < -0.39 is 0 Å². The molecule has 1 saturated heterocycles. The number of aromatic nitrogens is 2. The van der Waals surface area contributed by atoms with E-state index in [1.54, 1.807) is 0 Å². The van der Waals surface area contributed by atoms with Crippen LogP contribution in [0.2, 0.25) is 0 Å². The number of rotatable bonds is 4. The molecular weight excluding hydrogens is 252 g/mol. The Morgan fingerprint density at radius 3 is 2.90 bits per heavy atom.